The summed E-state index contributed by atoms with van der Waals surface area (Å²) in [6.45, 7) is 0. The monoisotopic (exact) mass is 285 g/mol. The summed E-state index contributed by atoms with van der Waals surface area (Å²) < 4.78 is 25.5. The molecule has 1 aliphatic heterocycles. The van der Waals surface area contributed by atoms with Crippen molar-refractivity contribution in [1.82, 2.24) is 14.6 Å². The van der Waals surface area contributed by atoms with Gasteiger partial charge in [-0.05, 0) is 25.0 Å². The maximum Gasteiger partial charge on any atom is 0.169 e. The molecule has 0 aliphatic carbocycles. The predicted molar refractivity (Wildman–Crippen MR) is 68.4 cm³/mol. The summed E-state index contributed by atoms with van der Waals surface area (Å²) in [6.07, 6.45) is 2.22. The summed E-state index contributed by atoms with van der Waals surface area (Å²) in [5.74, 6) is 0.587. The first-order valence-corrected chi connectivity index (χ1v) is 7.90. The van der Waals surface area contributed by atoms with Crippen LogP contribution in [0.1, 0.15) is 30.3 Å². The Morgan fingerprint density at radius 1 is 1.33 bits per heavy atom. The van der Waals surface area contributed by atoms with Crippen LogP contribution in [0.3, 0.4) is 0 Å². The molecule has 1 atom stereocenters. The summed E-state index contributed by atoms with van der Waals surface area (Å²) in [6, 6.07) is 5.23. The first kappa shape index (κ1) is 11.9. The van der Waals surface area contributed by atoms with Crippen LogP contribution in [-0.4, -0.2) is 28.8 Å². The molecule has 5 nitrogen and oxygen atoms in total. The third-order valence-corrected chi connectivity index (χ3v) is 5.65. The zero-order chi connectivity index (χ0) is 12.8. The van der Waals surface area contributed by atoms with Crippen molar-refractivity contribution in [2.45, 2.75) is 24.5 Å². The van der Waals surface area contributed by atoms with Crippen LogP contribution in [0.5, 0.6) is 0 Å². The van der Waals surface area contributed by atoms with Gasteiger partial charge in [0.1, 0.15) is 10.4 Å². The summed E-state index contributed by atoms with van der Waals surface area (Å²) in [7, 11) is -3.12. The van der Waals surface area contributed by atoms with Crippen molar-refractivity contribution < 1.29 is 8.42 Å². The second kappa shape index (κ2) is 4.20. The minimum absolute atomic E-state index is 0.223. The number of halogens is 1. The van der Waals surface area contributed by atoms with E-state index in [-0.39, 0.29) is 5.75 Å². The minimum atomic E-state index is -3.12. The molecule has 1 aliphatic rings. The van der Waals surface area contributed by atoms with Gasteiger partial charge in [-0.25, -0.2) is 17.9 Å². The highest BCUT2D eigenvalue weighted by molar-refractivity contribution is 7.91. The lowest BCUT2D eigenvalue weighted by Crippen LogP contribution is -2.22. The fourth-order valence-corrected chi connectivity index (χ4v) is 4.31. The van der Waals surface area contributed by atoms with E-state index in [4.69, 9.17) is 11.6 Å². The Labute approximate surface area is 110 Å². The largest absolute Gasteiger partial charge is 0.228 e. The third kappa shape index (κ3) is 1.89. The first-order chi connectivity index (χ1) is 8.58. The molecule has 96 valence electrons. The highest BCUT2D eigenvalue weighted by atomic mass is 35.5. The summed E-state index contributed by atoms with van der Waals surface area (Å²) in [5.41, 5.74) is 0.582. The normalized spacial score (nSPS) is 23.3. The van der Waals surface area contributed by atoms with E-state index in [2.05, 4.69) is 10.1 Å². The number of rotatable bonds is 1. The highest BCUT2D eigenvalue weighted by Crippen LogP contribution is 2.31. The molecule has 0 spiro atoms. The number of pyridine rings is 1. The molecule has 18 heavy (non-hydrogen) atoms. The molecule has 7 heteroatoms. The number of aromatic nitrogens is 3. The second-order valence-electron chi connectivity index (χ2n) is 4.44. The lowest BCUT2D eigenvalue weighted by atomic mass is 10.2. The summed E-state index contributed by atoms with van der Waals surface area (Å²) in [5, 5.41) is 4.07. The predicted octanol–water partition coefficient (Wildman–Crippen LogP) is 2.02. The molecule has 1 saturated heterocycles. The van der Waals surface area contributed by atoms with Crippen LogP contribution in [0.25, 0.3) is 5.65 Å². The van der Waals surface area contributed by atoms with Gasteiger partial charge in [0.2, 0.25) is 0 Å². The van der Waals surface area contributed by atoms with Gasteiger partial charge in [0, 0.05) is 0 Å². The molecule has 1 unspecified atom stereocenters. The first-order valence-electron chi connectivity index (χ1n) is 5.81. The summed E-state index contributed by atoms with van der Waals surface area (Å²) >= 11 is 5.99. The SMILES string of the molecule is O=S1(=O)CCCCC1c1nc2cccc(Cl)n2n1. The molecule has 1 fully saturated rings. The van der Waals surface area contributed by atoms with Crippen molar-refractivity contribution in [3.05, 3.63) is 29.2 Å². The van der Waals surface area contributed by atoms with E-state index in [0.717, 1.165) is 12.8 Å². The fourth-order valence-electron chi connectivity index (χ4n) is 2.27. The minimum Gasteiger partial charge on any atom is -0.228 e. The van der Waals surface area contributed by atoms with Crippen LogP contribution in [0, 0.1) is 0 Å². The molecular weight excluding hydrogens is 274 g/mol. The summed E-state index contributed by atoms with van der Waals surface area (Å²) in [4.78, 5) is 4.28. The fraction of sp³-hybridized carbons (Fsp3) is 0.455. The molecule has 0 radical (unpaired) electrons. The van der Waals surface area contributed by atoms with Crippen molar-refractivity contribution in [2.24, 2.45) is 0 Å². The van der Waals surface area contributed by atoms with Gasteiger partial charge in [0.15, 0.2) is 21.3 Å². The quantitative estimate of drug-likeness (QED) is 0.752. The maximum atomic E-state index is 12.0. The van der Waals surface area contributed by atoms with Crippen LogP contribution >= 0.6 is 11.6 Å². The van der Waals surface area contributed by atoms with E-state index >= 15 is 0 Å². The van der Waals surface area contributed by atoms with Gasteiger partial charge in [0.05, 0.1) is 5.75 Å². The smallest absolute Gasteiger partial charge is 0.169 e. The van der Waals surface area contributed by atoms with Gasteiger partial charge in [0.25, 0.3) is 0 Å². The van der Waals surface area contributed by atoms with Crippen LogP contribution < -0.4 is 0 Å². The van der Waals surface area contributed by atoms with Gasteiger partial charge in [-0.2, -0.15) is 0 Å². The van der Waals surface area contributed by atoms with Gasteiger partial charge < -0.3 is 0 Å². The Bertz CT molecular complexity index is 695. The molecule has 0 saturated carbocycles. The van der Waals surface area contributed by atoms with Crippen molar-refractivity contribution in [1.29, 1.82) is 0 Å². The Balaban J connectivity index is 2.12. The molecular formula is C11H12ClN3O2S. The van der Waals surface area contributed by atoms with E-state index in [9.17, 15) is 8.42 Å². The maximum absolute atomic E-state index is 12.0. The topological polar surface area (TPSA) is 64.3 Å². The van der Waals surface area contributed by atoms with Crippen LogP contribution in [0.4, 0.5) is 0 Å². The average Bonchev–Trinajstić information content (AvgIpc) is 2.73. The Hall–Kier alpha value is -1.14. The molecule has 0 bridgehead atoms. The van der Waals surface area contributed by atoms with Crippen molar-refractivity contribution in [2.75, 3.05) is 5.75 Å². The van der Waals surface area contributed by atoms with E-state index in [1.54, 1.807) is 18.2 Å². The van der Waals surface area contributed by atoms with Gasteiger partial charge >= 0.3 is 0 Å². The number of sulfone groups is 1. The molecule has 0 aromatic carbocycles. The zero-order valence-electron chi connectivity index (χ0n) is 9.58. The third-order valence-electron chi connectivity index (χ3n) is 3.20. The second-order valence-corrected chi connectivity index (χ2v) is 7.13. The van der Waals surface area contributed by atoms with Gasteiger partial charge in [-0.1, -0.05) is 24.1 Å². The molecule has 3 heterocycles. The van der Waals surface area contributed by atoms with Crippen LogP contribution in [-0.2, 0) is 9.84 Å². The number of fused-ring (bicyclic) bond motifs is 1. The van der Waals surface area contributed by atoms with Crippen molar-refractivity contribution in [3.8, 4) is 0 Å². The Kier molecular flexibility index (Phi) is 2.79. The molecule has 0 amide bonds. The van der Waals surface area contributed by atoms with E-state index in [1.807, 2.05) is 0 Å². The Morgan fingerprint density at radius 2 is 2.17 bits per heavy atom. The molecule has 0 N–H and O–H groups in total. The lowest BCUT2D eigenvalue weighted by molar-refractivity contribution is 0.538. The number of hydrogen-bond acceptors (Lipinski definition) is 4. The van der Waals surface area contributed by atoms with Crippen molar-refractivity contribution in [3.63, 3.8) is 0 Å². The van der Waals surface area contributed by atoms with E-state index < -0.39 is 15.1 Å². The van der Waals surface area contributed by atoms with Crippen LogP contribution in [0.15, 0.2) is 18.2 Å². The molecule has 2 aromatic rings. The van der Waals surface area contributed by atoms with Crippen LogP contribution in [0.2, 0.25) is 5.15 Å². The number of hydrogen-bond donors (Lipinski definition) is 0. The van der Waals surface area contributed by atoms with E-state index in [1.165, 1.54) is 4.52 Å². The standard InChI is InChI=1S/C11H12ClN3O2S/c12-9-5-3-6-10-13-11(14-15(9)10)8-4-1-2-7-18(8,16)17/h3,5-6,8H,1-2,4,7H2. The zero-order valence-corrected chi connectivity index (χ0v) is 11.2. The van der Waals surface area contributed by atoms with Crippen molar-refractivity contribution >= 4 is 27.1 Å². The molecule has 3 rings (SSSR count). The van der Waals surface area contributed by atoms with Gasteiger partial charge in [-0.3, -0.25) is 0 Å². The Morgan fingerprint density at radius 3 is 2.89 bits per heavy atom. The average molecular weight is 286 g/mol. The van der Waals surface area contributed by atoms with Gasteiger partial charge in [-0.15, -0.1) is 5.10 Å². The lowest BCUT2D eigenvalue weighted by Gasteiger charge is -2.19. The van der Waals surface area contributed by atoms with E-state index in [0.29, 0.717) is 23.0 Å². The number of nitrogens with zero attached hydrogens (tertiary/aromatic N) is 3. The highest BCUT2D eigenvalue weighted by Gasteiger charge is 2.33. The molecule has 2 aromatic heterocycles.